The van der Waals surface area contributed by atoms with Gasteiger partial charge in [0.05, 0.1) is 4.92 Å². The van der Waals surface area contributed by atoms with Crippen LogP contribution in [-0.2, 0) is 6.54 Å². The average molecular weight is 425 g/mol. The van der Waals surface area contributed by atoms with E-state index in [9.17, 15) is 14.9 Å². The molecule has 0 radical (unpaired) electrons. The molecule has 28 heavy (non-hydrogen) atoms. The maximum absolute atomic E-state index is 12.8. The lowest BCUT2D eigenvalue weighted by atomic mass is 10.1. The molecule has 0 aliphatic carbocycles. The maximum Gasteiger partial charge on any atom is 0.293 e. The average Bonchev–Trinajstić information content (AvgIpc) is 2.67. The first-order valence-corrected chi connectivity index (χ1v) is 9.12. The van der Waals surface area contributed by atoms with Crippen molar-refractivity contribution in [2.75, 3.05) is 25.0 Å². The molecule has 1 heterocycles. The van der Waals surface area contributed by atoms with Crippen LogP contribution in [0.2, 0.25) is 5.02 Å². The Morgan fingerprint density at radius 2 is 2.11 bits per heavy atom. The highest BCUT2D eigenvalue weighted by molar-refractivity contribution is 6.31. The van der Waals surface area contributed by atoms with Crippen LogP contribution in [0.15, 0.2) is 42.5 Å². The molecule has 7 nitrogen and oxygen atoms in total. The molecule has 0 bridgehead atoms. The summed E-state index contributed by atoms with van der Waals surface area (Å²) in [6.07, 6.45) is 0. The lowest BCUT2D eigenvalue weighted by Gasteiger charge is -2.34. The third-order valence-electron chi connectivity index (χ3n) is 4.63. The lowest BCUT2D eigenvalue weighted by molar-refractivity contribution is -0.384. The monoisotopic (exact) mass is 424 g/mol. The number of nitrogens with one attached hydrogen (secondary N) is 2. The molecular weight excluding hydrogens is 403 g/mol. The second-order valence-electron chi connectivity index (χ2n) is 6.49. The summed E-state index contributed by atoms with van der Waals surface area (Å²) in [5.74, 6) is -0.190. The van der Waals surface area contributed by atoms with Crippen LogP contribution in [-0.4, -0.2) is 41.4 Å². The predicted molar refractivity (Wildman–Crippen MR) is 112 cm³/mol. The van der Waals surface area contributed by atoms with Crippen LogP contribution in [0.1, 0.15) is 22.8 Å². The van der Waals surface area contributed by atoms with E-state index >= 15 is 0 Å². The third kappa shape index (κ3) is 4.92. The van der Waals surface area contributed by atoms with Gasteiger partial charge in [-0.15, -0.1) is 12.4 Å². The minimum atomic E-state index is -0.479. The van der Waals surface area contributed by atoms with Gasteiger partial charge in [0.2, 0.25) is 0 Å². The minimum Gasteiger partial charge on any atom is -0.375 e. The van der Waals surface area contributed by atoms with Gasteiger partial charge in [-0.05, 0) is 30.7 Å². The van der Waals surface area contributed by atoms with E-state index in [4.69, 9.17) is 11.6 Å². The molecule has 2 N–H and O–H groups in total. The Kier molecular flexibility index (Phi) is 7.62. The Labute approximate surface area is 174 Å². The summed E-state index contributed by atoms with van der Waals surface area (Å²) in [6, 6.07) is 11.9. The molecule has 2 aromatic rings. The Morgan fingerprint density at radius 3 is 2.79 bits per heavy atom. The van der Waals surface area contributed by atoms with Crippen molar-refractivity contribution < 1.29 is 9.72 Å². The number of amides is 1. The van der Waals surface area contributed by atoms with E-state index in [2.05, 4.69) is 10.6 Å². The third-order valence-corrected chi connectivity index (χ3v) is 5.00. The van der Waals surface area contributed by atoms with Gasteiger partial charge in [-0.25, -0.2) is 0 Å². The fourth-order valence-electron chi connectivity index (χ4n) is 3.11. The van der Waals surface area contributed by atoms with E-state index in [1.165, 1.54) is 6.07 Å². The molecule has 0 aromatic heterocycles. The van der Waals surface area contributed by atoms with Gasteiger partial charge in [0.15, 0.2) is 0 Å². The second-order valence-corrected chi connectivity index (χ2v) is 6.89. The van der Waals surface area contributed by atoms with Crippen molar-refractivity contribution in [2.45, 2.75) is 19.5 Å². The van der Waals surface area contributed by atoms with E-state index in [0.717, 1.165) is 12.1 Å². The SMILES string of the molecule is CC1CNCCN1C(=O)c1ccc(NCc2ccccc2Cl)c([N+](=O)[O-])c1.Cl. The molecule has 1 unspecified atom stereocenters. The van der Waals surface area contributed by atoms with Crippen LogP contribution in [0.3, 0.4) is 0 Å². The fourth-order valence-corrected chi connectivity index (χ4v) is 3.31. The van der Waals surface area contributed by atoms with Gasteiger partial charge in [0.25, 0.3) is 11.6 Å². The number of nitrogens with zero attached hydrogens (tertiary/aromatic N) is 2. The van der Waals surface area contributed by atoms with E-state index in [1.807, 2.05) is 25.1 Å². The summed E-state index contributed by atoms with van der Waals surface area (Å²) >= 11 is 6.13. The van der Waals surface area contributed by atoms with E-state index in [-0.39, 0.29) is 30.0 Å². The van der Waals surface area contributed by atoms with Crippen molar-refractivity contribution in [2.24, 2.45) is 0 Å². The van der Waals surface area contributed by atoms with Crippen molar-refractivity contribution >= 4 is 41.3 Å². The number of rotatable bonds is 5. The Morgan fingerprint density at radius 1 is 1.36 bits per heavy atom. The highest BCUT2D eigenvalue weighted by atomic mass is 35.5. The number of hydrogen-bond acceptors (Lipinski definition) is 5. The van der Waals surface area contributed by atoms with Crippen molar-refractivity contribution in [1.82, 2.24) is 10.2 Å². The van der Waals surface area contributed by atoms with Gasteiger partial charge in [0.1, 0.15) is 5.69 Å². The van der Waals surface area contributed by atoms with Gasteiger partial charge in [-0.2, -0.15) is 0 Å². The molecule has 1 aliphatic rings. The Hall–Kier alpha value is -2.35. The number of benzene rings is 2. The zero-order chi connectivity index (χ0) is 19.4. The van der Waals surface area contributed by atoms with Crippen LogP contribution in [0.25, 0.3) is 0 Å². The predicted octanol–water partition coefficient (Wildman–Crippen LogP) is 3.72. The summed E-state index contributed by atoms with van der Waals surface area (Å²) < 4.78 is 0. The van der Waals surface area contributed by atoms with Gasteiger partial charge in [-0.1, -0.05) is 29.8 Å². The minimum absolute atomic E-state index is 0. The number of anilines is 1. The number of nitro benzene ring substituents is 1. The molecule has 1 fully saturated rings. The molecule has 1 amide bonds. The fraction of sp³-hybridized carbons (Fsp3) is 0.316. The summed E-state index contributed by atoms with van der Waals surface area (Å²) in [6.45, 7) is 4.32. The molecule has 3 rings (SSSR count). The second kappa shape index (κ2) is 9.73. The normalized spacial score (nSPS) is 16.2. The molecule has 9 heteroatoms. The molecule has 150 valence electrons. The van der Waals surface area contributed by atoms with E-state index in [1.54, 1.807) is 23.1 Å². The van der Waals surface area contributed by atoms with Gasteiger partial charge >= 0.3 is 0 Å². The molecule has 1 saturated heterocycles. The van der Waals surface area contributed by atoms with Crippen molar-refractivity contribution in [3.05, 3.63) is 68.7 Å². The summed E-state index contributed by atoms with van der Waals surface area (Å²) in [7, 11) is 0. The van der Waals surface area contributed by atoms with Crippen LogP contribution in [0.5, 0.6) is 0 Å². The number of carbonyl (C=O) groups is 1. The largest absolute Gasteiger partial charge is 0.375 e. The Balaban J connectivity index is 0.00000280. The molecule has 1 aliphatic heterocycles. The first-order chi connectivity index (χ1) is 13.0. The highest BCUT2D eigenvalue weighted by Crippen LogP contribution is 2.28. The van der Waals surface area contributed by atoms with Gasteiger partial charge < -0.3 is 15.5 Å². The number of halogens is 2. The van der Waals surface area contributed by atoms with Gasteiger partial charge in [-0.3, -0.25) is 14.9 Å². The highest BCUT2D eigenvalue weighted by Gasteiger charge is 2.26. The number of carbonyl (C=O) groups excluding carboxylic acids is 1. The first-order valence-electron chi connectivity index (χ1n) is 8.75. The quantitative estimate of drug-likeness (QED) is 0.563. The number of piperazine rings is 1. The van der Waals surface area contributed by atoms with Crippen molar-refractivity contribution in [3.8, 4) is 0 Å². The lowest BCUT2D eigenvalue weighted by Crippen LogP contribution is -2.52. The summed E-state index contributed by atoms with van der Waals surface area (Å²) in [5.41, 5.74) is 1.38. The molecular formula is C19H22Cl2N4O3. The summed E-state index contributed by atoms with van der Waals surface area (Å²) in [4.78, 5) is 25.5. The van der Waals surface area contributed by atoms with Crippen LogP contribution in [0.4, 0.5) is 11.4 Å². The first kappa shape index (κ1) is 21.9. The molecule has 0 saturated carbocycles. The smallest absolute Gasteiger partial charge is 0.293 e. The van der Waals surface area contributed by atoms with E-state index < -0.39 is 4.92 Å². The van der Waals surface area contributed by atoms with Crippen molar-refractivity contribution in [1.29, 1.82) is 0 Å². The van der Waals surface area contributed by atoms with Crippen molar-refractivity contribution in [3.63, 3.8) is 0 Å². The summed E-state index contributed by atoms with van der Waals surface area (Å²) in [5, 5.41) is 18.4. The topological polar surface area (TPSA) is 87.5 Å². The number of hydrogen-bond donors (Lipinski definition) is 2. The van der Waals surface area contributed by atoms with Gasteiger partial charge in [0, 0.05) is 48.9 Å². The number of nitro groups is 1. The molecule has 0 spiro atoms. The molecule has 2 aromatic carbocycles. The molecule has 1 atom stereocenters. The zero-order valence-electron chi connectivity index (χ0n) is 15.4. The Bertz CT molecular complexity index is 863. The van der Waals surface area contributed by atoms with E-state index in [0.29, 0.717) is 35.9 Å². The zero-order valence-corrected chi connectivity index (χ0v) is 16.9. The van der Waals surface area contributed by atoms with Crippen LogP contribution in [0, 0.1) is 10.1 Å². The van der Waals surface area contributed by atoms with Crippen LogP contribution < -0.4 is 10.6 Å². The van der Waals surface area contributed by atoms with Crippen LogP contribution >= 0.6 is 24.0 Å². The maximum atomic E-state index is 12.8. The standard InChI is InChI=1S/C19H21ClN4O3.ClH/c1-13-11-21-8-9-23(13)19(25)14-6-7-17(18(10-14)24(26)27)22-12-15-4-2-3-5-16(15)20;/h2-7,10,13,21-22H,8-9,11-12H2,1H3;1H.